The number of benzene rings is 2. The molecule has 2 aromatic rings. The zero-order valence-corrected chi connectivity index (χ0v) is 21.4. The molecule has 0 bridgehead atoms. The Bertz CT molecular complexity index is 920. The Balaban J connectivity index is 1.68. The van der Waals surface area contributed by atoms with Gasteiger partial charge in [0.1, 0.15) is 6.04 Å². The molecular formula is C26H32Cl2N2O2S. The molecule has 4 nitrogen and oxygen atoms in total. The van der Waals surface area contributed by atoms with Crippen LogP contribution in [0.5, 0.6) is 0 Å². The zero-order chi connectivity index (χ0) is 23.6. The van der Waals surface area contributed by atoms with E-state index in [4.69, 9.17) is 23.2 Å². The molecule has 178 valence electrons. The van der Waals surface area contributed by atoms with Crippen molar-refractivity contribution in [3.05, 3.63) is 69.7 Å². The number of carbonyl (C=O) groups is 2. The number of nitrogens with one attached hydrogen (secondary N) is 1. The Labute approximate surface area is 211 Å². The maximum atomic E-state index is 13.3. The molecule has 2 aromatic carbocycles. The van der Waals surface area contributed by atoms with E-state index in [0.29, 0.717) is 28.6 Å². The minimum Gasteiger partial charge on any atom is -0.352 e. The Kier molecular flexibility index (Phi) is 10.4. The first-order valence-electron chi connectivity index (χ1n) is 11.6. The fourth-order valence-electron chi connectivity index (χ4n) is 4.19. The smallest absolute Gasteiger partial charge is 0.243 e. The normalized spacial score (nSPS) is 14.8. The number of amides is 2. The molecule has 0 radical (unpaired) electrons. The first-order valence-corrected chi connectivity index (χ1v) is 13.5. The summed E-state index contributed by atoms with van der Waals surface area (Å²) >= 11 is 14.2. The van der Waals surface area contributed by atoms with Crippen molar-refractivity contribution >= 4 is 46.8 Å². The van der Waals surface area contributed by atoms with Gasteiger partial charge in [-0.3, -0.25) is 9.59 Å². The van der Waals surface area contributed by atoms with Crippen LogP contribution < -0.4 is 5.32 Å². The van der Waals surface area contributed by atoms with E-state index in [1.165, 1.54) is 5.56 Å². The predicted octanol–water partition coefficient (Wildman–Crippen LogP) is 6.48. The van der Waals surface area contributed by atoms with Gasteiger partial charge in [-0.1, -0.05) is 79.4 Å². The van der Waals surface area contributed by atoms with E-state index >= 15 is 0 Å². The lowest BCUT2D eigenvalue weighted by Gasteiger charge is -2.32. The Morgan fingerprint density at radius 3 is 2.52 bits per heavy atom. The fourth-order valence-corrected chi connectivity index (χ4v) is 5.55. The summed E-state index contributed by atoms with van der Waals surface area (Å²) in [6.07, 6.45) is 5.22. The maximum absolute atomic E-state index is 13.3. The van der Waals surface area contributed by atoms with Gasteiger partial charge < -0.3 is 10.2 Å². The van der Waals surface area contributed by atoms with Crippen LogP contribution in [0.4, 0.5) is 0 Å². The summed E-state index contributed by atoms with van der Waals surface area (Å²) < 4.78 is 0. The van der Waals surface area contributed by atoms with E-state index in [0.717, 1.165) is 37.0 Å². The minimum absolute atomic E-state index is 0.0324. The topological polar surface area (TPSA) is 49.4 Å². The molecule has 0 heterocycles. The molecule has 1 saturated carbocycles. The third-order valence-corrected chi connectivity index (χ3v) is 7.63. The van der Waals surface area contributed by atoms with Crippen LogP contribution in [0.25, 0.3) is 0 Å². The van der Waals surface area contributed by atoms with Crippen LogP contribution in [0, 0.1) is 0 Å². The zero-order valence-electron chi connectivity index (χ0n) is 19.1. The molecule has 0 saturated heterocycles. The minimum atomic E-state index is -0.524. The molecule has 1 aliphatic rings. The van der Waals surface area contributed by atoms with Crippen molar-refractivity contribution in [2.45, 2.75) is 69.8 Å². The molecule has 1 N–H and O–H groups in total. The van der Waals surface area contributed by atoms with Gasteiger partial charge in [-0.25, -0.2) is 0 Å². The summed E-state index contributed by atoms with van der Waals surface area (Å²) in [5, 5.41) is 4.22. The first kappa shape index (κ1) is 25.9. The van der Waals surface area contributed by atoms with Gasteiger partial charge in [-0.15, -0.1) is 0 Å². The predicted molar refractivity (Wildman–Crippen MR) is 139 cm³/mol. The summed E-state index contributed by atoms with van der Waals surface area (Å²) in [6.45, 7) is 2.24. The van der Waals surface area contributed by atoms with Crippen molar-refractivity contribution in [3.8, 4) is 0 Å². The number of thioether (sulfide) groups is 1. The van der Waals surface area contributed by atoms with Gasteiger partial charge in [0.25, 0.3) is 0 Å². The molecule has 1 fully saturated rings. The van der Waals surface area contributed by atoms with Crippen molar-refractivity contribution in [2.75, 3.05) is 5.75 Å². The van der Waals surface area contributed by atoms with Gasteiger partial charge >= 0.3 is 0 Å². The number of rotatable bonds is 11. The highest BCUT2D eigenvalue weighted by atomic mass is 35.5. The van der Waals surface area contributed by atoms with Crippen molar-refractivity contribution < 1.29 is 9.59 Å². The van der Waals surface area contributed by atoms with Crippen molar-refractivity contribution in [2.24, 2.45) is 0 Å². The summed E-state index contributed by atoms with van der Waals surface area (Å²) in [4.78, 5) is 28.2. The van der Waals surface area contributed by atoms with Gasteiger partial charge in [0.15, 0.2) is 0 Å². The molecule has 0 aliphatic heterocycles. The lowest BCUT2D eigenvalue weighted by Crippen LogP contribution is -2.51. The lowest BCUT2D eigenvalue weighted by molar-refractivity contribution is -0.141. The average molecular weight is 508 g/mol. The Morgan fingerprint density at radius 1 is 1.12 bits per heavy atom. The number of hydrogen-bond acceptors (Lipinski definition) is 3. The number of carbonyl (C=O) groups excluding carboxylic acids is 2. The van der Waals surface area contributed by atoms with Gasteiger partial charge in [0.2, 0.25) is 11.8 Å². The second kappa shape index (κ2) is 13.3. The lowest BCUT2D eigenvalue weighted by atomic mass is 10.1. The molecule has 0 aromatic heterocycles. The second-order valence-corrected chi connectivity index (χ2v) is 10.4. The third-order valence-electron chi connectivity index (χ3n) is 6.02. The van der Waals surface area contributed by atoms with E-state index in [2.05, 4.69) is 17.4 Å². The van der Waals surface area contributed by atoms with E-state index in [1.54, 1.807) is 28.8 Å². The molecule has 1 atom stereocenters. The van der Waals surface area contributed by atoms with Gasteiger partial charge in [-0.2, -0.15) is 11.8 Å². The van der Waals surface area contributed by atoms with Crippen molar-refractivity contribution in [1.82, 2.24) is 10.2 Å². The monoisotopic (exact) mass is 506 g/mol. The van der Waals surface area contributed by atoms with Gasteiger partial charge in [-0.05, 0) is 42.5 Å². The fraction of sp³-hybridized carbons (Fsp3) is 0.462. The standard InChI is InChI=1S/C26H32Cl2N2O2S/c1-2-24(26(32)29-22-10-6-7-11-22)30(17-20-12-13-21(27)16-23(20)28)25(31)14-15-33-18-19-8-4-3-5-9-19/h3-5,8-9,12-13,16,22,24H,2,6-7,10-11,14-15,17-18H2,1H3,(H,29,32)/t24-/m0/s1. The third kappa shape index (κ3) is 7.94. The molecule has 0 spiro atoms. The quantitative estimate of drug-likeness (QED) is 0.354. The summed E-state index contributed by atoms with van der Waals surface area (Å²) in [7, 11) is 0. The highest BCUT2D eigenvalue weighted by Gasteiger charge is 2.30. The second-order valence-electron chi connectivity index (χ2n) is 8.46. The molecule has 0 unspecified atom stereocenters. The van der Waals surface area contributed by atoms with Crippen LogP contribution in [-0.2, 0) is 21.9 Å². The summed E-state index contributed by atoms with van der Waals surface area (Å²) in [5.74, 6) is 1.45. The van der Waals surface area contributed by atoms with Crippen LogP contribution in [0.15, 0.2) is 48.5 Å². The van der Waals surface area contributed by atoms with Crippen LogP contribution in [0.2, 0.25) is 10.0 Å². The van der Waals surface area contributed by atoms with Crippen LogP contribution in [-0.4, -0.2) is 34.6 Å². The number of halogens is 2. The molecule has 33 heavy (non-hydrogen) atoms. The molecule has 3 rings (SSSR count). The van der Waals surface area contributed by atoms with Crippen LogP contribution in [0.1, 0.15) is 56.6 Å². The van der Waals surface area contributed by atoms with E-state index in [1.807, 2.05) is 31.2 Å². The number of hydrogen-bond donors (Lipinski definition) is 1. The highest BCUT2D eigenvalue weighted by molar-refractivity contribution is 7.98. The van der Waals surface area contributed by atoms with E-state index < -0.39 is 6.04 Å². The molecule has 2 amide bonds. The maximum Gasteiger partial charge on any atom is 0.243 e. The van der Waals surface area contributed by atoms with Crippen LogP contribution in [0.3, 0.4) is 0 Å². The Hall–Kier alpha value is -1.69. The number of nitrogens with zero attached hydrogens (tertiary/aromatic N) is 1. The van der Waals surface area contributed by atoms with Gasteiger partial charge in [0, 0.05) is 40.6 Å². The highest BCUT2D eigenvalue weighted by Crippen LogP contribution is 2.25. The molecule has 1 aliphatic carbocycles. The van der Waals surface area contributed by atoms with Crippen molar-refractivity contribution in [3.63, 3.8) is 0 Å². The summed E-state index contributed by atoms with van der Waals surface area (Å²) in [6, 6.07) is 15.2. The SMILES string of the molecule is CC[C@@H](C(=O)NC1CCCC1)N(Cc1ccc(Cl)cc1Cl)C(=O)CCSCc1ccccc1. The molecule has 7 heteroatoms. The average Bonchev–Trinajstić information content (AvgIpc) is 3.31. The Morgan fingerprint density at radius 2 is 1.85 bits per heavy atom. The van der Waals surface area contributed by atoms with E-state index in [-0.39, 0.29) is 24.4 Å². The van der Waals surface area contributed by atoms with Gasteiger partial charge in [0.05, 0.1) is 0 Å². The summed E-state index contributed by atoms with van der Waals surface area (Å²) in [5.41, 5.74) is 2.03. The molecular weight excluding hydrogens is 475 g/mol. The van der Waals surface area contributed by atoms with Crippen LogP contribution >= 0.6 is 35.0 Å². The largest absolute Gasteiger partial charge is 0.352 e. The first-order chi connectivity index (χ1) is 16.0. The van der Waals surface area contributed by atoms with Crippen molar-refractivity contribution in [1.29, 1.82) is 0 Å². The van der Waals surface area contributed by atoms with E-state index in [9.17, 15) is 9.59 Å².